The molecule has 1 N–H and O–H groups in total. The number of fused-ring (bicyclic) bond motifs is 3. The van der Waals surface area contributed by atoms with Crippen molar-refractivity contribution in [1.82, 2.24) is 5.43 Å². The average Bonchev–Trinajstić information content (AvgIpc) is 2.90. The summed E-state index contributed by atoms with van der Waals surface area (Å²) < 4.78 is 10.5. The number of esters is 1. The largest absolute Gasteiger partial charge is 0.497 e. The van der Waals surface area contributed by atoms with Gasteiger partial charge in [0.2, 0.25) is 0 Å². The van der Waals surface area contributed by atoms with Gasteiger partial charge in [-0.3, -0.25) is 10.3 Å². The number of methoxy groups -OCH3 is 2. The first-order chi connectivity index (χ1) is 15.2. The summed E-state index contributed by atoms with van der Waals surface area (Å²) in [6, 6.07) is 5.88. The highest BCUT2D eigenvalue weighted by molar-refractivity contribution is 6.21. The number of amidine groups is 1. The molecule has 1 aromatic carbocycles. The van der Waals surface area contributed by atoms with E-state index < -0.39 is 11.6 Å². The molecule has 7 heteroatoms. The number of hydrazone groups is 1. The Hall–Kier alpha value is -3.61. The lowest BCUT2D eigenvalue weighted by Gasteiger charge is -2.35. The second-order valence-electron chi connectivity index (χ2n) is 8.71. The number of carbonyl (C=O) groups excluding carboxylic acids is 1. The van der Waals surface area contributed by atoms with Crippen molar-refractivity contribution >= 4 is 23.2 Å². The Balaban J connectivity index is 2.02. The van der Waals surface area contributed by atoms with Crippen LogP contribution in [0.1, 0.15) is 33.3 Å². The number of benzene rings is 1. The van der Waals surface area contributed by atoms with E-state index in [1.54, 1.807) is 7.11 Å². The third-order valence-corrected chi connectivity index (χ3v) is 5.86. The molecule has 0 aromatic heterocycles. The molecule has 4 rings (SSSR count). The third-order valence-electron chi connectivity index (χ3n) is 5.86. The van der Waals surface area contributed by atoms with E-state index in [2.05, 4.69) is 42.6 Å². The van der Waals surface area contributed by atoms with Crippen molar-refractivity contribution in [3.05, 3.63) is 71.5 Å². The molecule has 0 saturated carbocycles. The summed E-state index contributed by atoms with van der Waals surface area (Å²) in [6.45, 7) is 8.16. The van der Waals surface area contributed by atoms with Crippen LogP contribution in [-0.4, -0.2) is 37.4 Å². The summed E-state index contributed by atoms with van der Waals surface area (Å²) in [7, 11) is 3.00. The maximum atomic E-state index is 12.3. The quantitative estimate of drug-likeness (QED) is 0.575. The number of aliphatic imine (C=N–C) groups is 1. The number of allylic oxidation sites excluding steroid dienone is 6. The Morgan fingerprint density at radius 3 is 2.69 bits per heavy atom. The second kappa shape index (κ2) is 7.82. The summed E-state index contributed by atoms with van der Waals surface area (Å²) in [5.41, 5.74) is 6.17. The van der Waals surface area contributed by atoms with Crippen LogP contribution in [0.15, 0.2) is 76.0 Å². The molecule has 2 heterocycles. The van der Waals surface area contributed by atoms with E-state index in [1.165, 1.54) is 13.2 Å². The number of ether oxygens (including phenoxy) is 2. The van der Waals surface area contributed by atoms with Gasteiger partial charge in [0.15, 0.2) is 5.66 Å². The Morgan fingerprint density at radius 1 is 1.19 bits per heavy atom. The monoisotopic (exact) mass is 432 g/mol. The zero-order valence-electron chi connectivity index (χ0n) is 19.3. The number of carbonyl (C=O) groups is 1. The molecule has 166 valence electrons. The molecule has 1 aliphatic carbocycles. The van der Waals surface area contributed by atoms with Crippen molar-refractivity contribution in [2.24, 2.45) is 15.5 Å². The van der Waals surface area contributed by atoms with Gasteiger partial charge in [-0.1, -0.05) is 44.2 Å². The number of nitrogens with one attached hydrogen (secondary N) is 1. The lowest BCUT2D eigenvalue weighted by molar-refractivity contribution is -0.134. The van der Waals surface area contributed by atoms with Crippen LogP contribution in [0.4, 0.5) is 5.69 Å². The summed E-state index contributed by atoms with van der Waals surface area (Å²) in [4.78, 5) is 19.4. The molecule has 2 aliphatic heterocycles. The van der Waals surface area contributed by atoms with Crippen molar-refractivity contribution < 1.29 is 14.3 Å². The Bertz CT molecular complexity index is 1150. The number of anilines is 1. The molecule has 0 bridgehead atoms. The van der Waals surface area contributed by atoms with Crippen LogP contribution in [0.2, 0.25) is 0 Å². The van der Waals surface area contributed by atoms with Gasteiger partial charge in [0.1, 0.15) is 11.6 Å². The molecule has 0 amide bonds. The number of nitrogens with zero attached hydrogens (tertiary/aromatic N) is 3. The van der Waals surface area contributed by atoms with Gasteiger partial charge in [0.05, 0.1) is 31.3 Å². The fraction of sp³-hybridized carbons (Fsp3) is 0.320. The van der Waals surface area contributed by atoms with E-state index in [9.17, 15) is 4.79 Å². The first-order valence-electron chi connectivity index (χ1n) is 10.5. The molecule has 1 unspecified atom stereocenters. The Labute approximate surface area is 188 Å². The minimum Gasteiger partial charge on any atom is -0.497 e. The molecule has 0 spiro atoms. The van der Waals surface area contributed by atoms with E-state index in [0.717, 1.165) is 34.1 Å². The molecular formula is C25H28N4O3. The molecule has 7 nitrogen and oxygen atoms in total. The highest BCUT2D eigenvalue weighted by Crippen LogP contribution is 2.41. The zero-order valence-corrected chi connectivity index (χ0v) is 19.3. The van der Waals surface area contributed by atoms with Crippen LogP contribution in [0, 0.1) is 5.41 Å². The Morgan fingerprint density at radius 2 is 1.97 bits per heavy atom. The summed E-state index contributed by atoms with van der Waals surface area (Å²) in [5, 5.41) is 4.45. The molecule has 0 radical (unpaired) electrons. The minimum absolute atomic E-state index is 0.0811. The predicted molar refractivity (Wildman–Crippen MR) is 127 cm³/mol. The topological polar surface area (TPSA) is 75.5 Å². The molecule has 1 aromatic rings. The van der Waals surface area contributed by atoms with Gasteiger partial charge >= 0.3 is 5.97 Å². The van der Waals surface area contributed by atoms with Gasteiger partial charge in [0.25, 0.3) is 0 Å². The standard InChI is InChI=1S/C25H28N4O3/c1-16-27-28-25(4)21(15-22(30)32-6)26-23(17-8-7-12-24(2,3)13-11-17)19-14-18(31-5)9-10-20(19)29(16)25/h7-15,28H,1-6H3/b21-15-. The highest BCUT2D eigenvalue weighted by atomic mass is 16.5. The molecule has 1 atom stereocenters. The maximum Gasteiger partial charge on any atom is 0.332 e. The first-order valence-corrected chi connectivity index (χ1v) is 10.5. The van der Waals surface area contributed by atoms with Crippen LogP contribution in [0.5, 0.6) is 5.75 Å². The third kappa shape index (κ3) is 3.64. The average molecular weight is 433 g/mol. The molecule has 32 heavy (non-hydrogen) atoms. The van der Waals surface area contributed by atoms with Gasteiger partial charge in [-0.2, -0.15) is 5.10 Å². The van der Waals surface area contributed by atoms with Crippen LogP contribution in [0.3, 0.4) is 0 Å². The Kier molecular flexibility index (Phi) is 5.28. The van der Waals surface area contributed by atoms with Gasteiger partial charge in [-0.15, -0.1) is 0 Å². The van der Waals surface area contributed by atoms with Crippen molar-refractivity contribution in [3.8, 4) is 5.75 Å². The van der Waals surface area contributed by atoms with E-state index >= 15 is 0 Å². The van der Waals surface area contributed by atoms with E-state index in [4.69, 9.17) is 14.5 Å². The second-order valence-corrected chi connectivity index (χ2v) is 8.71. The fourth-order valence-corrected chi connectivity index (χ4v) is 4.05. The lowest BCUT2D eigenvalue weighted by atomic mass is 9.92. The number of hydrogen-bond donors (Lipinski definition) is 1. The SMILES string of the molecule is COC(=O)/C=C1\N=C(C2=CC=CC(C)(C)C=C2)c2cc(OC)ccc2N2C(C)=NNC12C. The summed E-state index contributed by atoms with van der Waals surface area (Å²) in [5.74, 6) is 0.998. The van der Waals surface area contributed by atoms with Gasteiger partial charge < -0.3 is 9.47 Å². The fourth-order valence-electron chi connectivity index (χ4n) is 4.05. The maximum absolute atomic E-state index is 12.3. The first kappa shape index (κ1) is 21.6. The molecule has 0 fully saturated rings. The van der Waals surface area contributed by atoms with Crippen molar-refractivity contribution in [1.29, 1.82) is 0 Å². The van der Waals surface area contributed by atoms with Crippen LogP contribution < -0.4 is 15.1 Å². The van der Waals surface area contributed by atoms with Crippen molar-refractivity contribution in [2.75, 3.05) is 19.1 Å². The summed E-state index contributed by atoms with van der Waals surface area (Å²) in [6.07, 6.45) is 11.9. The van der Waals surface area contributed by atoms with Crippen LogP contribution >= 0.6 is 0 Å². The number of rotatable bonds is 3. The molecular weight excluding hydrogens is 404 g/mol. The molecule has 3 aliphatic rings. The zero-order chi connectivity index (χ0) is 23.1. The van der Waals surface area contributed by atoms with Gasteiger partial charge in [-0.05, 0) is 32.0 Å². The van der Waals surface area contributed by atoms with E-state index in [-0.39, 0.29) is 5.41 Å². The van der Waals surface area contributed by atoms with Gasteiger partial charge in [-0.25, -0.2) is 9.79 Å². The van der Waals surface area contributed by atoms with E-state index in [0.29, 0.717) is 5.70 Å². The predicted octanol–water partition coefficient (Wildman–Crippen LogP) is 4.09. The number of hydrogen-bond acceptors (Lipinski definition) is 7. The van der Waals surface area contributed by atoms with Crippen molar-refractivity contribution in [3.63, 3.8) is 0 Å². The van der Waals surface area contributed by atoms with Crippen molar-refractivity contribution in [2.45, 2.75) is 33.4 Å². The summed E-state index contributed by atoms with van der Waals surface area (Å²) >= 11 is 0. The van der Waals surface area contributed by atoms with Crippen LogP contribution in [-0.2, 0) is 9.53 Å². The van der Waals surface area contributed by atoms with Crippen LogP contribution in [0.25, 0.3) is 0 Å². The minimum atomic E-state index is -0.868. The van der Waals surface area contributed by atoms with E-state index in [1.807, 2.05) is 49.1 Å². The van der Waals surface area contributed by atoms with Gasteiger partial charge in [0, 0.05) is 22.6 Å². The normalized spacial score (nSPS) is 24.4. The lowest BCUT2D eigenvalue weighted by Crippen LogP contribution is -2.52. The highest BCUT2D eigenvalue weighted by Gasteiger charge is 2.45. The molecule has 0 saturated heterocycles. The smallest absolute Gasteiger partial charge is 0.332 e.